The number of carbonyl (C=O) groups is 1. The quantitative estimate of drug-likeness (QED) is 0.273. The molecule has 0 spiro atoms. The lowest BCUT2D eigenvalue weighted by molar-refractivity contribution is -0.116. The van der Waals surface area contributed by atoms with Gasteiger partial charge < -0.3 is 4.90 Å². The zero-order valence-corrected chi connectivity index (χ0v) is 19.7. The minimum Gasteiger partial charge on any atom is -0.308 e. The monoisotopic (exact) mass is 461 g/mol. The first-order valence-electron chi connectivity index (χ1n) is 11.0. The van der Waals surface area contributed by atoms with Crippen LogP contribution in [0, 0.1) is 5.92 Å². The number of carbonyl (C=O) groups excluding carboxylic acids is 1. The van der Waals surface area contributed by atoms with E-state index in [1.165, 1.54) is 11.8 Å². The van der Waals surface area contributed by atoms with Gasteiger partial charge in [-0.15, -0.1) is 16.8 Å². The summed E-state index contributed by atoms with van der Waals surface area (Å²) in [7, 11) is 0. The number of aromatic nitrogens is 4. The molecule has 170 valence electrons. The number of hydrogen-bond donors (Lipinski definition) is 0. The zero-order valence-electron chi connectivity index (χ0n) is 18.8. The first kappa shape index (κ1) is 22.8. The van der Waals surface area contributed by atoms with E-state index in [2.05, 4.69) is 30.6 Å². The summed E-state index contributed by atoms with van der Waals surface area (Å²) in [5.74, 6) is 1.08. The number of anilines is 1. The normalized spacial score (nSPS) is 11.4. The SMILES string of the molecule is C=CCN(C(=O)CSc1nnc2n(CCC(C)C)c(=O)c3ccccc3n12)c1ccccc1. The molecule has 0 bridgehead atoms. The van der Waals surface area contributed by atoms with Gasteiger partial charge >= 0.3 is 0 Å². The van der Waals surface area contributed by atoms with Crippen molar-refractivity contribution in [2.24, 2.45) is 5.92 Å². The Bertz CT molecular complexity index is 1340. The Labute approximate surface area is 196 Å². The third kappa shape index (κ3) is 4.71. The Morgan fingerprint density at radius 1 is 1.12 bits per heavy atom. The van der Waals surface area contributed by atoms with Crippen molar-refractivity contribution in [1.82, 2.24) is 19.2 Å². The van der Waals surface area contributed by atoms with Gasteiger partial charge in [0.05, 0.1) is 16.7 Å². The van der Waals surface area contributed by atoms with Crippen molar-refractivity contribution in [2.45, 2.75) is 32.0 Å². The Balaban J connectivity index is 1.69. The van der Waals surface area contributed by atoms with E-state index in [0.717, 1.165) is 17.6 Å². The second kappa shape index (κ2) is 10.0. The van der Waals surface area contributed by atoms with Crippen LogP contribution in [0.2, 0.25) is 0 Å². The van der Waals surface area contributed by atoms with E-state index in [4.69, 9.17) is 0 Å². The van der Waals surface area contributed by atoms with Crippen LogP contribution in [0.25, 0.3) is 16.7 Å². The maximum absolute atomic E-state index is 13.2. The molecule has 4 rings (SSSR count). The molecule has 2 heterocycles. The Kier molecular flexibility index (Phi) is 6.93. The summed E-state index contributed by atoms with van der Waals surface area (Å²) in [4.78, 5) is 27.9. The van der Waals surface area contributed by atoms with Crippen LogP contribution in [0.1, 0.15) is 20.3 Å². The summed E-state index contributed by atoms with van der Waals surface area (Å²) in [6.45, 7) is 9.02. The number of aryl methyl sites for hydroxylation is 1. The molecule has 2 aromatic heterocycles. The van der Waals surface area contributed by atoms with E-state index in [0.29, 0.717) is 35.3 Å². The fraction of sp³-hybridized carbons (Fsp3) is 0.280. The molecule has 0 saturated carbocycles. The molecule has 2 aromatic carbocycles. The average Bonchev–Trinajstić information content (AvgIpc) is 3.25. The van der Waals surface area contributed by atoms with E-state index in [1.807, 2.05) is 59.0 Å². The van der Waals surface area contributed by atoms with Crippen molar-refractivity contribution in [2.75, 3.05) is 17.2 Å². The number of fused-ring (bicyclic) bond motifs is 3. The van der Waals surface area contributed by atoms with Crippen molar-refractivity contribution in [1.29, 1.82) is 0 Å². The van der Waals surface area contributed by atoms with E-state index >= 15 is 0 Å². The van der Waals surface area contributed by atoms with Crippen LogP contribution in [0.4, 0.5) is 5.69 Å². The molecule has 4 aromatic rings. The average molecular weight is 462 g/mol. The molecule has 1 amide bonds. The van der Waals surface area contributed by atoms with Crippen molar-refractivity contribution < 1.29 is 4.79 Å². The molecule has 0 aliphatic heterocycles. The van der Waals surface area contributed by atoms with Crippen molar-refractivity contribution in [3.8, 4) is 0 Å². The molecule has 0 unspecified atom stereocenters. The second-order valence-electron chi connectivity index (χ2n) is 8.19. The number of benzene rings is 2. The highest BCUT2D eigenvalue weighted by molar-refractivity contribution is 7.99. The zero-order chi connectivity index (χ0) is 23.4. The minimum absolute atomic E-state index is 0.0553. The van der Waals surface area contributed by atoms with Gasteiger partial charge in [0.25, 0.3) is 5.56 Å². The van der Waals surface area contributed by atoms with Gasteiger partial charge in [0.15, 0.2) is 5.16 Å². The number of thioether (sulfide) groups is 1. The molecule has 0 fully saturated rings. The Morgan fingerprint density at radius 3 is 2.58 bits per heavy atom. The lowest BCUT2D eigenvalue weighted by Crippen LogP contribution is -2.32. The predicted molar refractivity (Wildman–Crippen MR) is 134 cm³/mol. The van der Waals surface area contributed by atoms with Gasteiger partial charge in [0.1, 0.15) is 0 Å². The molecule has 8 heteroatoms. The van der Waals surface area contributed by atoms with Gasteiger partial charge in [-0.1, -0.05) is 62.0 Å². The number of amides is 1. The fourth-order valence-corrected chi connectivity index (χ4v) is 4.52. The highest BCUT2D eigenvalue weighted by Gasteiger charge is 2.20. The lowest BCUT2D eigenvalue weighted by Gasteiger charge is -2.21. The molecular formula is C25H27N5O2S. The van der Waals surface area contributed by atoms with Gasteiger partial charge in [-0.2, -0.15) is 0 Å². The van der Waals surface area contributed by atoms with Crippen LogP contribution < -0.4 is 10.5 Å². The molecule has 0 aliphatic carbocycles. The molecule has 0 N–H and O–H groups in total. The lowest BCUT2D eigenvalue weighted by atomic mass is 10.1. The number of rotatable bonds is 9. The standard InChI is InChI=1S/C25H27N5O2S/c1-4-15-28(19-10-6-5-7-11-19)22(31)17-33-25-27-26-24-29(16-14-18(2)3)23(32)20-12-8-9-13-21(20)30(24)25/h4-13,18H,1,14-17H2,2-3H3. The molecule has 0 saturated heterocycles. The van der Waals surface area contributed by atoms with Crippen molar-refractivity contribution in [3.05, 3.63) is 77.6 Å². The van der Waals surface area contributed by atoms with E-state index in [-0.39, 0.29) is 17.2 Å². The van der Waals surface area contributed by atoms with Crippen LogP contribution in [0.3, 0.4) is 0 Å². The summed E-state index contributed by atoms with van der Waals surface area (Å²) >= 11 is 1.32. The van der Waals surface area contributed by atoms with Gasteiger partial charge in [0, 0.05) is 18.8 Å². The predicted octanol–water partition coefficient (Wildman–Crippen LogP) is 4.40. The molecule has 0 atom stereocenters. The summed E-state index contributed by atoms with van der Waals surface area (Å²) in [6, 6.07) is 17.0. The van der Waals surface area contributed by atoms with Gasteiger partial charge in [0.2, 0.25) is 11.7 Å². The number of hydrogen-bond acceptors (Lipinski definition) is 5. The van der Waals surface area contributed by atoms with Crippen molar-refractivity contribution >= 4 is 40.0 Å². The molecule has 7 nitrogen and oxygen atoms in total. The third-order valence-corrected chi connectivity index (χ3v) is 6.33. The Hall–Kier alpha value is -3.39. The van der Waals surface area contributed by atoms with Crippen LogP contribution in [-0.2, 0) is 11.3 Å². The smallest absolute Gasteiger partial charge is 0.262 e. The van der Waals surface area contributed by atoms with E-state index < -0.39 is 0 Å². The van der Waals surface area contributed by atoms with Gasteiger partial charge in [-0.3, -0.25) is 18.6 Å². The number of para-hydroxylation sites is 2. The van der Waals surface area contributed by atoms with Crippen LogP contribution in [-0.4, -0.2) is 37.4 Å². The summed E-state index contributed by atoms with van der Waals surface area (Å²) in [6.07, 6.45) is 2.57. The topological polar surface area (TPSA) is 72.5 Å². The van der Waals surface area contributed by atoms with E-state index in [1.54, 1.807) is 15.5 Å². The highest BCUT2D eigenvalue weighted by atomic mass is 32.2. The summed E-state index contributed by atoms with van der Waals surface area (Å²) in [5.41, 5.74) is 1.49. The van der Waals surface area contributed by atoms with Crippen LogP contribution in [0.5, 0.6) is 0 Å². The summed E-state index contributed by atoms with van der Waals surface area (Å²) in [5, 5.41) is 9.88. The highest BCUT2D eigenvalue weighted by Crippen LogP contribution is 2.23. The third-order valence-electron chi connectivity index (χ3n) is 5.41. The largest absolute Gasteiger partial charge is 0.308 e. The first-order valence-corrected chi connectivity index (χ1v) is 12.0. The minimum atomic E-state index is -0.0694. The van der Waals surface area contributed by atoms with Crippen molar-refractivity contribution in [3.63, 3.8) is 0 Å². The molecule has 33 heavy (non-hydrogen) atoms. The second-order valence-corrected chi connectivity index (χ2v) is 9.13. The summed E-state index contributed by atoms with van der Waals surface area (Å²) < 4.78 is 3.57. The molecule has 0 aliphatic rings. The maximum Gasteiger partial charge on any atom is 0.262 e. The first-order chi connectivity index (χ1) is 16.0. The van der Waals surface area contributed by atoms with E-state index in [9.17, 15) is 9.59 Å². The molecule has 0 radical (unpaired) electrons. The van der Waals surface area contributed by atoms with Gasteiger partial charge in [-0.25, -0.2) is 0 Å². The fourth-order valence-electron chi connectivity index (χ4n) is 3.71. The number of nitrogens with zero attached hydrogens (tertiary/aromatic N) is 5. The molecular weight excluding hydrogens is 434 g/mol. The Morgan fingerprint density at radius 2 is 1.85 bits per heavy atom. The van der Waals surface area contributed by atoms with Crippen LogP contribution >= 0.6 is 11.8 Å². The maximum atomic E-state index is 13.2. The van der Waals surface area contributed by atoms with Gasteiger partial charge in [-0.05, 0) is 36.6 Å². The van der Waals surface area contributed by atoms with Crippen LogP contribution in [0.15, 0.2) is 77.2 Å².